The topological polar surface area (TPSA) is 26.3 Å². The van der Waals surface area contributed by atoms with Crippen molar-refractivity contribution in [1.82, 2.24) is 5.01 Å². The van der Waals surface area contributed by atoms with Crippen LogP contribution in [0.2, 0.25) is 0 Å². The van der Waals surface area contributed by atoms with Crippen LogP contribution in [0.25, 0.3) is 0 Å². The fraction of sp³-hybridized carbons (Fsp3) is 1.00. The van der Waals surface area contributed by atoms with Gasteiger partial charge in [0.15, 0.2) is 0 Å². The van der Waals surface area contributed by atoms with Gasteiger partial charge >= 0.3 is 0 Å². The number of hydroxylamine groups is 2. The second-order valence-corrected chi connectivity index (χ2v) is 5.14. The van der Waals surface area contributed by atoms with Crippen molar-refractivity contribution in [2.75, 3.05) is 37.7 Å². The Kier molecular flexibility index (Phi) is 3.14. The summed E-state index contributed by atoms with van der Waals surface area (Å²) in [5, 5.41) is 14.5. The Morgan fingerprint density at radius 1 is 1.00 bits per heavy atom. The van der Waals surface area contributed by atoms with E-state index < -0.39 is 0 Å². The van der Waals surface area contributed by atoms with Gasteiger partial charge < -0.3 is 5.21 Å². The zero-order chi connectivity index (χ0) is 9.15. The molecule has 0 aromatic rings. The molecule has 2 rings (SSSR count). The van der Waals surface area contributed by atoms with Gasteiger partial charge in [0.2, 0.25) is 0 Å². The first-order valence-electron chi connectivity index (χ1n) is 5.22. The zero-order valence-corrected chi connectivity index (χ0v) is 8.89. The second kappa shape index (κ2) is 4.17. The minimum Gasteiger partial charge on any atom is -0.611 e. The van der Waals surface area contributed by atoms with Crippen LogP contribution >= 0.6 is 11.8 Å². The van der Waals surface area contributed by atoms with Crippen molar-refractivity contribution >= 4 is 11.8 Å². The van der Waals surface area contributed by atoms with Crippen LogP contribution in [0.3, 0.4) is 0 Å². The molecule has 0 spiro atoms. The van der Waals surface area contributed by atoms with E-state index in [-0.39, 0.29) is 4.76 Å². The first-order chi connectivity index (χ1) is 6.31. The summed E-state index contributed by atoms with van der Waals surface area (Å²) in [6.07, 6.45) is 3.49. The summed E-state index contributed by atoms with van der Waals surface area (Å²) in [6.45, 7) is 3.64. The van der Waals surface area contributed by atoms with Gasteiger partial charge in [0, 0.05) is 11.5 Å². The lowest BCUT2D eigenvalue weighted by molar-refractivity contribution is -0.997. The maximum absolute atomic E-state index is 12.3. The summed E-state index contributed by atoms with van der Waals surface area (Å²) in [5.41, 5.74) is 0. The third-order valence-corrected chi connectivity index (χ3v) is 3.96. The minimum atomic E-state index is -0.0133. The molecule has 2 saturated heterocycles. The molecule has 0 N–H and O–H groups in total. The predicted octanol–water partition coefficient (Wildman–Crippen LogP) is 1.45. The molecule has 0 saturated carbocycles. The number of hydrogen-bond acceptors (Lipinski definition) is 3. The van der Waals surface area contributed by atoms with Gasteiger partial charge in [-0.05, 0) is 19.3 Å². The molecule has 3 nitrogen and oxygen atoms in total. The fourth-order valence-electron chi connectivity index (χ4n) is 2.21. The van der Waals surface area contributed by atoms with Gasteiger partial charge in [-0.1, -0.05) is 0 Å². The monoisotopic (exact) mass is 202 g/mol. The summed E-state index contributed by atoms with van der Waals surface area (Å²) in [7, 11) is 0. The van der Waals surface area contributed by atoms with Crippen LogP contribution in [-0.4, -0.2) is 47.4 Å². The van der Waals surface area contributed by atoms with Crippen molar-refractivity contribution in [3.63, 3.8) is 0 Å². The van der Waals surface area contributed by atoms with Crippen LogP contribution in [-0.2, 0) is 0 Å². The summed E-state index contributed by atoms with van der Waals surface area (Å²) < 4.78 is -0.0133. The van der Waals surface area contributed by atoms with E-state index in [9.17, 15) is 5.21 Å². The van der Waals surface area contributed by atoms with Crippen molar-refractivity contribution in [2.45, 2.75) is 19.3 Å². The highest BCUT2D eigenvalue weighted by Gasteiger charge is 2.29. The molecular formula is C9H18N2OS. The van der Waals surface area contributed by atoms with E-state index in [0.717, 1.165) is 50.5 Å². The van der Waals surface area contributed by atoms with E-state index in [1.807, 2.05) is 11.8 Å². The van der Waals surface area contributed by atoms with E-state index in [1.54, 1.807) is 0 Å². The molecule has 13 heavy (non-hydrogen) atoms. The van der Waals surface area contributed by atoms with Gasteiger partial charge in [0.05, 0.1) is 26.2 Å². The normalized spacial score (nSPS) is 30.2. The molecule has 76 valence electrons. The standard InChI is InChI=1S/C9H18N2OS/c12-11(6-2-1-3-7-11)10-4-8-13-9-5-10/h1-9H2. The lowest BCUT2D eigenvalue weighted by Gasteiger charge is -2.52. The highest BCUT2D eigenvalue weighted by atomic mass is 32.2. The first-order valence-corrected chi connectivity index (χ1v) is 6.38. The Hall–Kier alpha value is 0.230. The molecule has 4 heteroatoms. The lowest BCUT2D eigenvalue weighted by Crippen LogP contribution is -2.60. The third-order valence-electron chi connectivity index (χ3n) is 3.02. The molecule has 2 aliphatic heterocycles. The Morgan fingerprint density at radius 3 is 2.23 bits per heavy atom. The summed E-state index contributed by atoms with van der Waals surface area (Å²) in [5.74, 6) is 2.28. The number of nitrogens with zero attached hydrogens (tertiary/aromatic N) is 2. The number of piperidine rings is 1. The molecule has 0 atom stereocenters. The molecule has 0 bridgehead atoms. The van der Waals surface area contributed by atoms with Crippen LogP contribution < -0.4 is 0 Å². The maximum Gasteiger partial charge on any atom is 0.0962 e. The molecule has 2 heterocycles. The average Bonchev–Trinajstić information content (AvgIpc) is 2.20. The van der Waals surface area contributed by atoms with Crippen molar-refractivity contribution < 1.29 is 4.76 Å². The van der Waals surface area contributed by atoms with Gasteiger partial charge in [0.1, 0.15) is 0 Å². The molecule has 0 amide bonds. The number of quaternary nitrogens is 1. The van der Waals surface area contributed by atoms with E-state index >= 15 is 0 Å². The summed E-state index contributed by atoms with van der Waals surface area (Å²) in [4.78, 5) is 0. The van der Waals surface area contributed by atoms with Crippen LogP contribution in [0.5, 0.6) is 0 Å². The van der Waals surface area contributed by atoms with Gasteiger partial charge in [-0.25, -0.2) is 0 Å². The number of hydrogen-bond donors (Lipinski definition) is 0. The second-order valence-electron chi connectivity index (χ2n) is 3.92. The molecule has 0 aromatic heterocycles. The summed E-state index contributed by atoms with van der Waals surface area (Å²) in [6, 6.07) is 0. The highest BCUT2D eigenvalue weighted by Crippen LogP contribution is 2.23. The van der Waals surface area contributed by atoms with Gasteiger partial charge in [-0.15, -0.1) is 0 Å². The Balaban J connectivity index is 1.94. The smallest absolute Gasteiger partial charge is 0.0962 e. The SMILES string of the molecule is [O-][N+]1(N2CCSCC2)CCCCC1. The number of rotatable bonds is 1. The lowest BCUT2D eigenvalue weighted by atomic mass is 10.1. The van der Waals surface area contributed by atoms with Crippen LogP contribution in [0, 0.1) is 5.21 Å². The molecule has 0 radical (unpaired) electrons. The third kappa shape index (κ3) is 2.18. The first kappa shape index (κ1) is 9.77. The van der Waals surface area contributed by atoms with Gasteiger partial charge in [-0.3, -0.25) is 4.76 Å². The quantitative estimate of drug-likeness (QED) is 0.475. The minimum absolute atomic E-state index is 0.0133. The largest absolute Gasteiger partial charge is 0.611 e. The Labute approximate surface area is 84.2 Å². The average molecular weight is 202 g/mol. The maximum atomic E-state index is 12.3. The van der Waals surface area contributed by atoms with Crippen LogP contribution in [0.15, 0.2) is 0 Å². The van der Waals surface area contributed by atoms with Gasteiger partial charge in [0.25, 0.3) is 0 Å². The zero-order valence-electron chi connectivity index (χ0n) is 8.07. The highest BCUT2D eigenvalue weighted by molar-refractivity contribution is 7.99. The van der Waals surface area contributed by atoms with Crippen LogP contribution in [0.1, 0.15) is 19.3 Å². The predicted molar refractivity (Wildman–Crippen MR) is 56.1 cm³/mol. The van der Waals surface area contributed by atoms with Crippen molar-refractivity contribution in [3.05, 3.63) is 5.21 Å². The Morgan fingerprint density at radius 2 is 1.62 bits per heavy atom. The van der Waals surface area contributed by atoms with Crippen molar-refractivity contribution in [2.24, 2.45) is 0 Å². The van der Waals surface area contributed by atoms with E-state index in [4.69, 9.17) is 0 Å². The fourth-order valence-corrected chi connectivity index (χ4v) is 3.09. The van der Waals surface area contributed by atoms with Crippen molar-refractivity contribution in [1.29, 1.82) is 0 Å². The molecular weight excluding hydrogens is 184 g/mol. The Bertz CT molecular complexity index is 165. The number of thioether (sulfide) groups is 1. The van der Waals surface area contributed by atoms with E-state index in [1.165, 1.54) is 6.42 Å². The molecule has 0 aromatic carbocycles. The molecule has 2 fully saturated rings. The van der Waals surface area contributed by atoms with E-state index in [0.29, 0.717) is 0 Å². The molecule has 0 aliphatic carbocycles. The van der Waals surface area contributed by atoms with E-state index in [2.05, 4.69) is 5.01 Å². The van der Waals surface area contributed by atoms with Crippen LogP contribution in [0.4, 0.5) is 0 Å². The summed E-state index contributed by atoms with van der Waals surface area (Å²) >= 11 is 1.97. The van der Waals surface area contributed by atoms with Crippen molar-refractivity contribution in [3.8, 4) is 0 Å². The van der Waals surface area contributed by atoms with Gasteiger partial charge in [-0.2, -0.15) is 16.8 Å². The molecule has 0 unspecified atom stereocenters. The molecule has 2 aliphatic rings.